The first-order chi connectivity index (χ1) is 6.72. The second-order valence-corrected chi connectivity index (χ2v) is 3.42. The third kappa shape index (κ3) is 1.36. The Morgan fingerprint density at radius 1 is 1.36 bits per heavy atom. The standard InChI is InChI=1S/C10H7ClN2O/c1-6-2-3-7-8(4-6)12-13-9(5-14)10(7)11/h2-5H,1H3. The zero-order valence-corrected chi connectivity index (χ0v) is 8.25. The highest BCUT2D eigenvalue weighted by molar-refractivity contribution is 6.37. The molecule has 0 radical (unpaired) electrons. The number of aromatic nitrogens is 2. The van der Waals surface area contributed by atoms with Crippen LogP contribution in [0.15, 0.2) is 18.2 Å². The van der Waals surface area contributed by atoms with Crippen molar-refractivity contribution < 1.29 is 4.79 Å². The Morgan fingerprint density at radius 2 is 2.14 bits per heavy atom. The molecule has 0 atom stereocenters. The molecule has 0 amide bonds. The average molecular weight is 207 g/mol. The van der Waals surface area contributed by atoms with Crippen molar-refractivity contribution in [3.63, 3.8) is 0 Å². The largest absolute Gasteiger partial charge is 0.296 e. The van der Waals surface area contributed by atoms with Crippen molar-refractivity contribution >= 4 is 28.8 Å². The van der Waals surface area contributed by atoms with Gasteiger partial charge >= 0.3 is 0 Å². The van der Waals surface area contributed by atoms with Gasteiger partial charge in [-0.05, 0) is 18.6 Å². The normalized spacial score (nSPS) is 10.4. The zero-order valence-electron chi connectivity index (χ0n) is 7.49. The molecule has 2 aromatic rings. The maximum absolute atomic E-state index is 10.6. The number of nitrogens with zero attached hydrogens (tertiary/aromatic N) is 2. The van der Waals surface area contributed by atoms with Crippen molar-refractivity contribution in [1.29, 1.82) is 0 Å². The molecule has 3 nitrogen and oxygen atoms in total. The van der Waals surface area contributed by atoms with Gasteiger partial charge in [-0.1, -0.05) is 23.7 Å². The van der Waals surface area contributed by atoms with Crippen LogP contribution < -0.4 is 0 Å². The number of carbonyl (C=O) groups is 1. The van der Waals surface area contributed by atoms with Crippen LogP contribution in [-0.4, -0.2) is 16.5 Å². The lowest BCUT2D eigenvalue weighted by Gasteiger charge is -2.01. The smallest absolute Gasteiger partial charge is 0.171 e. The van der Waals surface area contributed by atoms with E-state index in [-0.39, 0.29) is 5.69 Å². The van der Waals surface area contributed by atoms with Gasteiger partial charge < -0.3 is 0 Å². The maximum atomic E-state index is 10.6. The van der Waals surface area contributed by atoms with Crippen LogP contribution in [0.4, 0.5) is 0 Å². The number of aryl methyl sites for hydroxylation is 1. The molecule has 0 aliphatic heterocycles. The number of halogens is 1. The van der Waals surface area contributed by atoms with E-state index >= 15 is 0 Å². The van der Waals surface area contributed by atoms with Crippen LogP contribution in [0.3, 0.4) is 0 Å². The van der Waals surface area contributed by atoms with Crippen molar-refractivity contribution in [2.45, 2.75) is 6.92 Å². The van der Waals surface area contributed by atoms with Gasteiger partial charge in [-0.2, -0.15) is 0 Å². The van der Waals surface area contributed by atoms with Gasteiger partial charge in [0, 0.05) is 5.39 Å². The topological polar surface area (TPSA) is 42.9 Å². The Morgan fingerprint density at radius 3 is 2.86 bits per heavy atom. The first-order valence-electron chi connectivity index (χ1n) is 4.10. The molecule has 2 rings (SSSR count). The maximum Gasteiger partial charge on any atom is 0.171 e. The predicted octanol–water partition coefficient (Wildman–Crippen LogP) is 2.40. The lowest BCUT2D eigenvalue weighted by molar-refractivity contribution is 0.111. The van der Waals surface area contributed by atoms with E-state index in [0.717, 1.165) is 10.9 Å². The van der Waals surface area contributed by atoms with Crippen molar-refractivity contribution in [2.24, 2.45) is 0 Å². The fraction of sp³-hybridized carbons (Fsp3) is 0.100. The first kappa shape index (κ1) is 9.09. The Balaban J connectivity index is 2.83. The molecular formula is C10H7ClN2O. The number of rotatable bonds is 1. The zero-order chi connectivity index (χ0) is 10.1. The molecule has 0 fully saturated rings. The second-order valence-electron chi connectivity index (χ2n) is 3.04. The lowest BCUT2D eigenvalue weighted by atomic mass is 10.1. The molecule has 0 bridgehead atoms. The van der Waals surface area contributed by atoms with Gasteiger partial charge in [0.15, 0.2) is 6.29 Å². The summed E-state index contributed by atoms with van der Waals surface area (Å²) in [5, 5.41) is 8.75. The monoisotopic (exact) mass is 206 g/mol. The summed E-state index contributed by atoms with van der Waals surface area (Å²) in [5.41, 5.74) is 1.98. The number of aldehydes is 1. The number of hydrogen-bond acceptors (Lipinski definition) is 3. The minimum absolute atomic E-state index is 0.183. The highest BCUT2D eigenvalue weighted by Gasteiger charge is 2.07. The number of benzene rings is 1. The van der Waals surface area contributed by atoms with Gasteiger partial charge in [0.2, 0.25) is 0 Å². The van der Waals surface area contributed by atoms with E-state index in [1.54, 1.807) is 0 Å². The fourth-order valence-corrected chi connectivity index (χ4v) is 1.52. The van der Waals surface area contributed by atoms with Crippen LogP contribution in [0.25, 0.3) is 10.9 Å². The van der Waals surface area contributed by atoms with Crippen LogP contribution in [0.2, 0.25) is 5.02 Å². The first-order valence-corrected chi connectivity index (χ1v) is 4.48. The van der Waals surface area contributed by atoms with E-state index in [4.69, 9.17) is 11.6 Å². The molecule has 70 valence electrons. The van der Waals surface area contributed by atoms with E-state index in [2.05, 4.69) is 10.2 Å². The van der Waals surface area contributed by atoms with E-state index in [1.807, 2.05) is 25.1 Å². The Bertz CT molecular complexity index is 511. The third-order valence-electron chi connectivity index (χ3n) is 1.99. The quantitative estimate of drug-likeness (QED) is 0.673. The minimum atomic E-state index is 0.183. The summed E-state index contributed by atoms with van der Waals surface area (Å²) in [7, 11) is 0. The summed E-state index contributed by atoms with van der Waals surface area (Å²) in [5.74, 6) is 0. The van der Waals surface area contributed by atoms with Crippen molar-refractivity contribution in [3.8, 4) is 0 Å². The number of carbonyl (C=O) groups excluding carboxylic acids is 1. The molecule has 14 heavy (non-hydrogen) atoms. The molecule has 0 aliphatic carbocycles. The molecule has 1 aromatic heterocycles. The molecule has 1 aromatic carbocycles. The molecule has 1 heterocycles. The SMILES string of the molecule is Cc1ccc2c(Cl)c(C=O)nnc2c1. The Kier molecular flexibility index (Phi) is 2.17. The van der Waals surface area contributed by atoms with E-state index < -0.39 is 0 Å². The van der Waals surface area contributed by atoms with Crippen molar-refractivity contribution in [3.05, 3.63) is 34.5 Å². The fourth-order valence-electron chi connectivity index (χ4n) is 1.27. The Hall–Kier alpha value is -1.48. The van der Waals surface area contributed by atoms with Gasteiger partial charge in [0.05, 0.1) is 10.5 Å². The number of fused-ring (bicyclic) bond motifs is 1. The molecule has 0 saturated carbocycles. The Labute approximate surface area is 85.7 Å². The van der Waals surface area contributed by atoms with Gasteiger partial charge in [-0.15, -0.1) is 10.2 Å². The van der Waals surface area contributed by atoms with Crippen LogP contribution in [0.5, 0.6) is 0 Å². The van der Waals surface area contributed by atoms with Crippen LogP contribution in [0.1, 0.15) is 16.1 Å². The molecule has 0 saturated heterocycles. The molecular weight excluding hydrogens is 200 g/mol. The van der Waals surface area contributed by atoms with Gasteiger partial charge in [0.25, 0.3) is 0 Å². The molecule has 0 aliphatic rings. The van der Waals surface area contributed by atoms with Gasteiger partial charge in [-0.3, -0.25) is 4.79 Å². The van der Waals surface area contributed by atoms with E-state index in [9.17, 15) is 4.79 Å². The summed E-state index contributed by atoms with van der Waals surface area (Å²) in [6.45, 7) is 1.96. The molecule has 0 N–H and O–H groups in total. The summed E-state index contributed by atoms with van der Waals surface area (Å²) >= 11 is 5.96. The molecule has 0 unspecified atom stereocenters. The van der Waals surface area contributed by atoms with E-state index in [1.165, 1.54) is 0 Å². The van der Waals surface area contributed by atoms with Gasteiger partial charge in [0.1, 0.15) is 5.69 Å². The molecule has 0 spiro atoms. The summed E-state index contributed by atoms with van der Waals surface area (Å²) in [6, 6.07) is 5.64. The average Bonchev–Trinajstić information content (AvgIpc) is 2.18. The van der Waals surface area contributed by atoms with Crippen molar-refractivity contribution in [2.75, 3.05) is 0 Å². The molecule has 4 heteroatoms. The summed E-state index contributed by atoms with van der Waals surface area (Å²) in [4.78, 5) is 10.6. The van der Waals surface area contributed by atoms with Crippen molar-refractivity contribution in [1.82, 2.24) is 10.2 Å². The summed E-state index contributed by atoms with van der Waals surface area (Å²) < 4.78 is 0. The van der Waals surface area contributed by atoms with E-state index in [0.29, 0.717) is 16.8 Å². The van der Waals surface area contributed by atoms with Crippen LogP contribution >= 0.6 is 11.6 Å². The minimum Gasteiger partial charge on any atom is -0.296 e. The van der Waals surface area contributed by atoms with Gasteiger partial charge in [-0.25, -0.2) is 0 Å². The van der Waals surface area contributed by atoms with Crippen LogP contribution in [-0.2, 0) is 0 Å². The number of hydrogen-bond donors (Lipinski definition) is 0. The van der Waals surface area contributed by atoms with Crippen LogP contribution in [0, 0.1) is 6.92 Å². The predicted molar refractivity (Wildman–Crippen MR) is 54.7 cm³/mol. The summed E-state index contributed by atoms with van der Waals surface area (Å²) in [6.07, 6.45) is 0.606. The highest BCUT2D eigenvalue weighted by Crippen LogP contribution is 2.23. The lowest BCUT2D eigenvalue weighted by Crippen LogP contribution is -1.94. The second kappa shape index (κ2) is 3.35. The highest BCUT2D eigenvalue weighted by atomic mass is 35.5. The third-order valence-corrected chi connectivity index (χ3v) is 2.39.